The maximum atomic E-state index is 12.2. The molecule has 7 heteroatoms. The molecule has 0 spiro atoms. The highest BCUT2D eigenvalue weighted by atomic mass is 16.2. The average molecular weight is 307 g/mol. The molecule has 2 aromatic rings. The highest BCUT2D eigenvalue weighted by molar-refractivity contribution is 5.74. The Labute approximate surface area is 129 Å². The van der Waals surface area contributed by atoms with Gasteiger partial charge < -0.3 is 9.88 Å². The van der Waals surface area contributed by atoms with E-state index in [1.165, 1.54) is 11.0 Å². The molecule has 122 valence electrons. The summed E-state index contributed by atoms with van der Waals surface area (Å²) in [5.74, 6) is 1.11. The summed E-state index contributed by atoms with van der Waals surface area (Å²) in [4.78, 5) is 30.7. The molecule has 2 heterocycles. The molecule has 0 bridgehead atoms. The second-order valence-corrected chi connectivity index (χ2v) is 5.70. The molecule has 0 unspecified atom stereocenters. The third kappa shape index (κ3) is 2.93. The number of aromatic nitrogens is 4. The smallest absolute Gasteiger partial charge is 0.329 e. The minimum Gasteiger partial charge on any atom is -0.359 e. The number of nitrogens with one attached hydrogen (secondary N) is 2. The van der Waals surface area contributed by atoms with Crippen molar-refractivity contribution in [3.8, 4) is 0 Å². The lowest BCUT2D eigenvalue weighted by molar-refractivity contribution is 0.397. The van der Waals surface area contributed by atoms with E-state index in [2.05, 4.69) is 29.1 Å². The van der Waals surface area contributed by atoms with Crippen LogP contribution in [0.5, 0.6) is 0 Å². The van der Waals surface area contributed by atoms with Gasteiger partial charge in [0.1, 0.15) is 0 Å². The second kappa shape index (κ2) is 6.81. The number of fused-ring (bicyclic) bond motifs is 1. The maximum Gasteiger partial charge on any atom is 0.329 e. The van der Waals surface area contributed by atoms with E-state index in [1.807, 2.05) is 4.57 Å². The lowest BCUT2D eigenvalue weighted by atomic mass is 9.99. The number of imidazole rings is 1. The van der Waals surface area contributed by atoms with Crippen molar-refractivity contribution in [3.05, 3.63) is 20.8 Å². The van der Waals surface area contributed by atoms with Crippen molar-refractivity contribution < 1.29 is 0 Å². The first-order valence-electron chi connectivity index (χ1n) is 7.90. The largest absolute Gasteiger partial charge is 0.359 e. The molecular formula is C15H25N5O2. The van der Waals surface area contributed by atoms with Gasteiger partial charge in [-0.3, -0.25) is 14.3 Å². The van der Waals surface area contributed by atoms with Crippen molar-refractivity contribution in [2.75, 3.05) is 12.4 Å². The molecule has 0 aromatic carbocycles. The van der Waals surface area contributed by atoms with Gasteiger partial charge in [0.25, 0.3) is 5.56 Å². The molecule has 7 nitrogen and oxygen atoms in total. The van der Waals surface area contributed by atoms with Gasteiger partial charge in [-0.15, -0.1) is 0 Å². The van der Waals surface area contributed by atoms with Crippen LogP contribution >= 0.6 is 0 Å². The molecule has 2 rings (SSSR count). The molecular weight excluding hydrogens is 282 g/mol. The number of anilines is 1. The predicted octanol–water partition coefficient (Wildman–Crippen LogP) is 1.68. The molecule has 0 fully saturated rings. The monoisotopic (exact) mass is 307 g/mol. The average Bonchev–Trinajstić information content (AvgIpc) is 2.88. The van der Waals surface area contributed by atoms with E-state index in [0.717, 1.165) is 25.8 Å². The van der Waals surface area contributed by atoms with E-state index in [1.54, 1.807) is 14.1 Å². The molecule has 22 heavy (non-hydrogen) atoms. The van der Waals surface area contributed by atoms with Crippen LogP contribution in [0.2, 0.25) is 0 Å². The normalized spacial score (nSPS) is 12.7. The van der Waals surface area contributed by atoms with Crippen LogP contribution in [0, 0.1) is 5.92 Å². The van der Waals surface area contributed by atoms with Crippen molar-refractivity contribution in [2.45, 2.75) is 46.1 Å². The van der Waals surface area contributed by atoms with Crippen LogP contribution in [-0.2, 0) is 13.6 Å². The third-order valence-corrected chi connectivity index (χ3v) is 4.21. The van der Waals surface area contributed by atoms with Gasteiger partial charge in [0.15, 0.2) is 11.2 Å². The number of H-pyrrole nitrogens is 1. The molecule has 0 aliphatic heterocycles. The summed E-state index contributed by atoms with van der Waals surface area (Å²) in [5.41, 5.74) is 0.0603. The Morgan fingerprint density at radius 1 is 1.32 bits per heavy atom. The van der Waals surface area contributed by atoms with E-state index in [4.69, 9.17) is 0 Å². The molecule has 2 aromatic heterocycles. The summed E-state index contributed by atoms with van der Waals surface area (Å²) < 4.78 is 3.28. The fourth-order valence-corrected chi connectivity index (χ4v) is 2.78. The minimum atomic E-state index is -0.442. The molecule has 0 saturated heterocycles. The van der Waals surface area contributed by atoms with Crippen LogP contribution in [0.15, 0.2) is 9.59 Å². The van der Waals surface area contributed by atoms with Gasteiger partial charge in [0, 0.05) is 20.6 Å². The number of nitrogens with zero attached hydrogens (tertiary/aromatic N) is 3. The van der Waals surface area contributed by atoms with E-state index in [-0.39, 0.29) is 5.56 Å². The summed E-state index contributed by atoms with van der Waals surface area (Å²) >= 11 is 0. The summed E-state index contributed by atoms with van der Waals surface area (Å²) in [6.45, 7) is 5.07. The first kappa shape index (κ1) is 16.3. The van der Waals surface area contributed by atoms with Gasteiger partial charge in [0.2, 0.25) is 5.95 Å². The fourth-order valence-electron chi connectivity index (χ4n) is 2.78. The van der Waals surface area contributed by atoms with Crippen molar-refractivity contribution >= 4 is 17.1 Å². The van der Waals surface area contributed by atoms with Gasteiger partial charge in [-0.25, -0.2) is 4.79 Å². The highest BCUT2D eigenvalue weighted by Crippen LogP contribution is 2.21. The lowest BCUT2D eigenvalue weighted by Gasteiger charge is -2.17. The zero-order valence-corrected chi connectivity index (χ0v) is 13.8. The number of hydrogen-bond acceptors (Lipinski definition) is 4. The molecule has 1 atom stereocenters. The summed E-state index contributed by atoms with van der Waals surface area (Å²) in [6, 6.07) is 0. The lowest BCUT2D eigenvalue weighted by Crippen LogP contribution is -2.29. The van der Waals surface area contributed by atoms with Gasteiger partial charge in [0.05, 0.1) is 0 Å². The Hall–Kier alpha value is -2.05. The van der Waals surface area contributed by atoms with E-state index in [9.17, 15) is 9.59 Å². The Morgan fingerprint density at radius 3 is 2.64 bits per heavy atom. The van der Waals surface area contributed by atoms with Crippen LogP contribution in [0.4, 0.5) is 5.95 Å². The van der Waals surface area contributed by atoms with Crippen molar-refractivity contribution in [1.82, 2.24) is 19.1 Å². The van der Waals surface area contributed by atoms with Crippen molar-refractivity contribution in [2.24, 2.45) is 13.0 Å². The number of rotatable bonds is 7. The maximum absolute atomic E-state index is 12.2. The molecule has 0 radical (unpaired) electrons. The van der Waals surface area contributed by atoms with Gasteiger partial charge in [-0.05, 0) is 12.3 Å². The second-order valence-electron chi connectivity index (χ2n) is 5.70. The van der Waals surface area contributed by atoms with Gasteiger partial charge in [-0.2, -0.15) is 4.98 Å². The number of unbranched alkanes of at least 4 members (excludes halogenated alkanes) is 1. The SMILES string of the molecule is CCCC[C@@H](CC)Cn1c(NC)nc2c1c(=O)[nH]c(=O)n2C. The summed E-state index contributed by atoms with van der Waals surface area (Å²) in [6.07, 6.45) is 4.51. The minimum absolute atomic E-state index is 0.377. The quantitative estimate of drug-likeness (QED) is 0.815. The molecule has 0 aliphatic rings. The fraction of sp³-hybridized carbons (Fsp3) is 0.667. The Bertz CT molecular complexity index is 756. The van der Waals surface area contributed by atoms with Crippen LogP contribution in [0.1, 0.15) is 39.5 Å². The predicted molar refractivity (Wildman–Crippen MR) is 88.4 cm³/mol. The van der Waals surface area contributed by atoms with Crippen molar-refractivity contribution in [3.63, 3.8) is 0 Å². The van der Waals surface area contributed by atoms with Gasteiger partial charge in [-0.1, -0.05) is 33.1 Å². The van der Waals surface area contributed by atoms with Crippen LogP contribution < -0.4 is 16.6 Å². The van der Waals surface area contributed by atoms with E-state index >= 15 is 0 Å². The standard InChI is InChI=1S/C15H25N5O2/c1-5-7-8-10(6-2)9-20-11-12(17-14(20)16-3)19(4)15(22)18-13(11)21/h10H,5-9H2,1-4H3,(H,16,17)(H,18,21,22)/t10-/m1/s1. The molecule has 0 saturated carbocycles. The van der Waals surface area contributed by atoms with Crippen molar-refractivity contribution in [1.29, 1.82) is 0 Å². The van der Waals surface area contributed by atoms with Crippen LogP contribution in [0.3, 0.4) is 0 Å². The van der Waals surface area contributed by atoms with E-state index in [0.29, 0.717) is 23.0 Å². The van der Waals surface area contributed by atoms with Crippen LogP contribution in [-0.4, -0.2) is 26.1 Å². The molecule has 0 amide bonds. The van der Waals surface area contributed by atoms with Crippen LogP contribution in [0.25, 0.3) is 11.2 Å². The Balaban J connectivity index is 2.54. The molecule has 0 aliphatic carbocycles. The number of aryl methyl sites for hydroxylation is 1. The first-order chi connectivity index (χ1) is 10.5. The zero-order chi connectivity index (χ0) is 16.3. The Kier molecular flexibility index (Phi) is 5.05. The number of hydrogen-bond donors (Lipinski definition) is 2. The molecule has 2 N–H and O–H groups in total. The van der Waals surface area contributed by atoms with Gasteiger partial charge >= 0.3 is 5.69 Å². The summed E-state index contributed by atoms with van der Waals surface area (Å²) in [5, 5.41) is 3.03. The Morgan fingerprint density at radius 2 is 2.05 bits per heavy atom. The zero-order valence-electron chi connectivity index (χ0n) is 13.8. The topological polar surface area (TPSA) is 84.7 Å². The van der Waals surface area contributed by atoms with E-state index < -0.39 is 5.69 Å². The highest BCUT2D eigenvalue weighted by Gasteiger charge is 2.18. The third-order valence-electron chi connectivity index (χ3n) is 4.21. The first-order valence-corrected chi connectivity index (χ1v) is 7.90. The number of aromatic amines is 1. The summed E-state index contributed by atoms with van der Waals surface area (Å²) in [7, 11) is 3.39.